The Hall–Kier alpha value is -2.63. The first kappa shape index (κ1) is 18.4. The zero-order chi connectivity index (χ0) is 20.0. The normalized spacial score (nSPS) is 25.5. The van der Waals surface area contributed by atoms with Crippen LogP contribution in [0.4, 0.5) is 5.82 Å². The predicted molar refractivity (Wildman–Crippen MR) is 112 cm³/mol. The van der Waals surface area contributed by atoms with Crippen molar-refractivity contribution in [1.82, 2.24) is 19.4 Å². The van der Waals surface area contributed by atoms with Gasteiger partial charge in [0.2, 0.25) is 0 Å². The number of rotatable bonds is 7. The third-order valence-electron chi connectivity index (χ3n) is 7.32. The molecule has 0 aromatic carbocycles. The lowest BCUT2D eigenvalue weighted by atomic mass is 9.89. The number of hydrogen-bond acceptors (Lipinski definition) is 4. The van der Waals surface area contributed by atoms with E-state index in [1.165, 1.54) is 19.3 Å². The van der Waals surface area contributed by atoms with Gasteiger partial charge in [-0.2, -0.15) is 0 Å². The van der Waals surface area contributed by atoms with E-state index in [2.05, 4.69) is 27.4 Å². The number of allylic oxidation sites excluding steroid dienone is 2. The monoisotopic (exact) mass is 391 g/mol. The molecule has 29 heavy (non-hydrogen) atoms. The lowest BCUT2D eigenvalue weighted by molar-refractivity contribution is 0.0747. The lowest BCUT2D eigenvalue weighted by Gasteiger charge is -2.21. The van der Waals surface area contributed by atoms with Gasteiger partial charge in [-0.1, -0.05) is 12.2 Å². The molecule has 3 aliphatic carbocycles. The number of aromatic nitrogens is 3. The van der Waals surface area contributed by atoms with Gasteiger partial charge in [0.25, 0.3) is 5.91 Å². The number of hydrogen-bond donors (Lipinski definition) is 1. The molecule has 152 valence electrons. The molecule has 2 bridgehead atoms. The van der Waals surface area contributed by atoms with Crippen LogP contribution < -0.4 is 5.32 Å². The summed E-state index contributed by atoms with van der Waals surface area (Å²) < 4.78 is 1.94. The van der Waals surface area contributed by atoms with Crippen molar-refractivity contribution in [2.45, 2.75) is 32.7 Å². The van der Waals surface area contributed by atoms with Crippen LogP contribution in [0.1, 0.15) is 42.4 Å². The first-order valence-corrected chi connectivity index (χ1v) is 10.7. The van der Waals surface area contributed by atoms with Crippen LogP contribution in [0.3, 0.4) is 0 Å². The first-order chi connectivity index (χ1) is 14.1. The molecule has 1 spiro atoms. The molecule has 0 saturated heterocycles. The summed E-state index contributed by atoms with van der Waals surface area (Å²) in [6.07, 6.45) is 14.4. The average Bonchev–Trinajstić information content (AvgIpc) is 3.24. The number of nitrogens with zero attached hydrogens (tertiary/aromatic N) is 4. The van der Waals surface area contributed by atoms with Gasteiger partial charge in [0, 0.05) is 38.7 Å². The van der Waals surface area contributed by atoms with Gasteiger partial charge in [0.05, 0.1) is 12.1 Å². The van der Waals surface area contributed by atoms with Crippen molar-refractivity contribution in [3.8, 4) is 0 Å². The highest BCUT2D eigenvalue weighted by atomic mass is 16.2. The van der Waals surface area contributed by atoms with E-state index in [1.807, 2.05) is 36.9 Å². The molecule has 2 heterocycles. The molecule has 2 aromatic heterocycles. The van der Waals surface area contributed by atoms with Gasteiger partial charge in [-0.3, -0.25) is 4.79 Å². The number of pyridine rings is 1. The number of aryl methyl sites for hydroxylation is 1. The maximum atomic E-state index is 12.9. The van der Waals surface area contributed by atoms with E-state index >= 15 is 0 Å². The van der Waals surface area contributed by atoms with Crippen LogP contribution in [0.25, 0.3) is 0 Å². The van der Waals surface area contributed by atoms with Crippen molar-refractivity contribution in [2.75, 3.05) is 18.4 Å². The van der Waals surface area contributed by atoms with E-state index in [0.29, 0.717) is 30.0 Å². The van der Waals surface area contributed by atoms with Crippen LogP contribution in [0, 0.1) is 23.2 Å². The third-order valence-corrected chi connectivity index (χ3v) is 7.32. The van der Waals surface area contributed by atoms with Crippen LogP contribution in [-0.2, 0) is 13.6 Å². The van der Waals surface area contributed by atoms with Gasteiger partial charge in [0.1, 0.15) is 11.6 Å². The SMILES string of the molecule is CCN(Cc1nccn1C)C(=O)c1ccc(NC[C@H]2C[C@H]3C=C[C@H]2C32CC2)nc1. The molecular weight excluding hydrogens is 362 g/mol. The van der Waals surface area contributed by atoms with Gasteiger partial charge < -0.3 is 14.8 Å². The first-order valence-electron chi connectivity index (χ1n) is 10.7. The minimum absolute atomic E-state index is 0.0107. The van der Waals surface area contributed by atoms with E-state index in [1.54, 1.807) is 17.3 Å². The highest BCUT2D eigenvalue weighted by Gasteiger charge is 2.62. The zero-order valence-corrected chi connectivity index (χ0v) is 17.2. The molecular formula is C23H29N5O. The fourth-order valence-corrected chi connectivity index (χ4v) is 5.45. The Morgan fingerprint density at radius 3 is 2.79 bits per heavy atom. The smallest absolute Gasteiger partial charge is 0.255 e. The standard InChI is InChI=1S/C23H29N5O/c1-3-28(15-21-24-10-11-27(21)2)22(29)16-4-7-20(25-13-16)26-14-17-12-18-5-6-19(17)23(18)8-9-23/h4-7,10-11,13,17-19H,3,8-9,12,14-15H2,1-2H3,(H,25,26)/t17-,18-,19-/m1/s1. The van der Waals surface area contributed by atoms with Crippen LogP contribution in [0.5, 0.6) is 0 Å². The predicted octanol–water partition coefficient (Wildman–Crippen LogP) is 3.49. The van der Waals surface area contributed by atoms with Gasteiger partial charge in [0.15, 0.2) is 0 Å². The van der Waals surface area contributed by atoms with Crippen molar-refractivity contribution in [3.63, 3.8) is 0 Å². The summed E-state index contributed by atoms with van der Waals surface area (Å²) in [6.45, 7) is 4.08. The number of carbonyl (C=O) groups excluding carboxylic acids is 1. The Morgan fingerprint density at radius 1 is 1.31 bits per heavy atom. The number of nitrogens with one attached hydrogen (secondary N) is 1. The van der Waals surface area contributed by atoms with Crippen LogP contribution in [0.2, 0.25) is 0 Å². The second-order valence-electron chi connectivity index (χ2n) is 8.83. The molecule has 1 N–H and O–H groups in total. The zero-order valence-electron chi connectivity index (χ0n) is 17.2. The number of imidazole rings is 1. The van der Waals surface area contributed by atoms with Gasteiger partial charge in [-0.05, 0) is 61.5 Å². The van der Waals surface area contributed by atoms with Crippen LogP contribution in [0.15, 0.2) is 42.9 Å². The van der Waals surface area contributed by atoms with E-state index in [-0.39, 0.29) is 5.91 Å². The summed E-state index contributed by atoms with van der Waals surface area (Å²) in [4.78, 5) is 23.5. The maximum Gasteiger partial charge on any atom is 0.255 e. The highest BCUT2D eigenvalue weighted by Crippen LogP contribution is 2.70. The maximum absolute atomic E-state index is 12.9. The van der Waals surface area contributed by atoms with Crippen LogP contribution >= 0.6 is 0 Å². The van der Waals surface area contributed by atoms with Crippen molar-refractivity contribution in [3.05, 3.63) is 54.3 Å². The minimum Gasteiger partial charge on any atom is -0.370 e. The minimum atomic E-state index is -0.0107. The Balaban J connectivity index is 1.19. The van der Waals surface area contributed by atoms with Crippen LogP contribution in [-0.4, -0.2) is 38.4 Å². The van der Waals surface area contributed by atoms with Crippen molar-refractivity contribution >= 4 is 11.7 Å². The molecule has 2 aromatic rings. The van der Waals surface area contributed by atoms with E-state index < -0.39 is 0 Å². The van der Waals surface area contributed by atoms with Crippen molar-refractivity contribution < 1.29 is 4.79 Å². The van der Waals surface area contributed by atoms with Crippen molar-refractivity contribution in [1.29, 1.82) is 0 Å². The second-order valence-corrected chi connectivity index (χ2v) is 8.83. The average molecular weight is 392 g/mol. The Kier molecular flexibility index (Phi) is 4.45. The molecule has 3 aliphatic rings. The summed E-state index contributed by atoms with van der Waals surface area (Å²) in [7, 11) is 1.94. The molecule has 0 aliphatic heterocycles. The summed E-state index contributed by atoms with van der Waals surface area (Å²) in [5.41, 5.74) is 1.25. The van der Waals surface area contributed by atoms with E-state index in [4.69, 9.17) is 0 Å². The third kappa shape index (κ3) is 3.15. The number of carbonyl (C=O) groups is 1. The molecule has 2 fully saturated rings. The fourth-order valence-electron chi connectivity index (χ4n) is 5.45. The number of anilines is 1. The fraction of sp³-hybridized carbons (Fsp3) is 0.522. The number of amides is 1. The summed E-state index contributed by atoms with van der Waals surface area (Å²) in [5.74, 6) is 3.99. The second kappa shape index (κ2) is 7.01. The van der Waals surface area contributed by atoms with Crippen molar-refractivity contribution in [2.24, 2.45) is 30.2 Å². The molecule has 6 nitrogen and oxygen atoms in total. The van der Waals surface area contributed by atoms with Gasteiger partial charge in [-0.25, -0.2) is 9.97 Å². The molecule has 3 atom stereocenters. The molecule has 5 rings (SSSR count). The summed E-state index contributed by atoms with van der Waals surface area (Å²) in [6, 6.07) is 3.81. The largest absolute Gasteiger partial charge is 0.370 e. The quantitative estimate of drug-likeness (QED) is 0.734. The highest BCUT2D eigenvalue weighted by molar-refractivity contribution is 5.94. The summed E-state index contributed by atoms with van der Waals surface area (Å²) in [5, 5.41) is 3.51. The molecule has 0 unspecified atom stereocenters. The molecule has 1 amide bonds. The lowest BCUT2D eigenvalue weighted by Crippen LogP contribution is -2.31. The Bertz CT molecular complexity index is 927. The Morgan fingerprint density at radius 2 is 2.17 bits per heavy atom. The Labute approximate surface area is 172 Å². The van der Waals surface area contributed by atoms with E-state index in [0.717, 1.165) is 30.0 Å². The summed E-state index contributed by atoms with van der Waals surface area (Å²) >= 11 is 0. The molecule has 0 radical (unpaired) electrons. The molecule has 6 heteroatoms. The topological polar surface area (TPSA) is 63.1 Å². The van der Waals surface area contributed by atoms with E-state index in [9.17, 15) is 4.79 Å². The van der Waals surface area contributed by atoms with Gasteiger partial charge in [-0.15, -0.1) is 0 Å². The van der Waals surface area contributed by atoms with Gasteiger partial charge >= 0.3 is 0 Å². The molecule has 2 saturated carbocycles.